The zero-order valence-corrected chi connectivity index (χ0v) is 35.3. The Kier molecular flexibility index (Phi) is 22.1. The number of imidazole rings is 1. The van der Waals surface area contributed by atoms with E-state index in [1.54, 1.807) is 0 Å². The van der Waals surface area contributed by atoms with Crippen LogP contribution in [0.3, 0.4) is 0 Å². The molecule has 1 rings (SSSR count). The van der Waals surface area contributed by atoms with Crippen LogP contribution in [-0.2, 0) is 22.7 Å². The molecular formula is C35H44F26N2O3S. The first kappa shape index (κ1) is 64.3. The summed E-state index contributed by atoms with van der Waals surface area (Å²) in [5, 5.41) is -7.11. The molecule has 1 aromatic heterocycles. The minimum Gasteiger partial charge on any atom is -0.743 e. The molecule has 400 valence electrons. The van der Waals surface area contributed by atoms with Crippen molar-refractivity contribution in [3.8, 4) is 0 Å². The van der Waals surface area contributed by atoms with Crippen molar-refractivity contribution >= 4 is 10.1 Å². The van der Waals surface area contributed by atoms with Crippen LogP contribution in [-0.4, -0.2) is 82.5 Å². The Balaban J connectivity index is 0.00000215. The number of hydrogen-bond acceptors (Lipinski definition) is 3. The molecule has 0 unspecified atom stereocenters. The maximum Gasteiger partial charge on any atom is 0.469 e. The predicted molar refractivity (Wildman–Crippen MR) is 180 cm³/mol. The summed E-state index contributed by atoms with van der Waals surface area (Å²) < 4.78 is 369. The van der Waals surface area contributed by atoms with Crippen LogP contribution >= 0.6 is 0 Å². The maximum atomic E-state index is 14.6. The van der Waals surface area contributed by atoms with Crippen LogP contribution in [0, 0.1) is 0 Å². The molecule has 1 heterocycles. The van der Waals surface area contributed by atoms with Crippen molar-refractivity contribution in [3.63, 3.8) is 0 Å². The average Bonchev–Trinajstić information content (AvgIpc) is 3.65. The van der Waals surface area contributed by atoms with Gasteiger partial charge in [-0.25, -0.2) is 13.0 Å². The van der Waals surface area contributed by atoms with Crippen LogP contribution in [0.15, 0.2) is 18.7 Å². The van der Waals surface area contributed by atoms with Crippen molar-refractivity contribution in [2.75, 3.05) is 0 Å². The van der Waals surface area contributed by atoms with E-state index in [-0.39, 0.29) is 25.5 Å². The number of halogens is 26. The number of nitrogens with zero attached hydrogens (tertiary/aromatic N) is 2. The van der Waals surface area contributed by atoms with Crippen LogP contribution in [0.2, 0.25) is 0 Å². The highest BCUT2D eigenvalue weighted by molar-refractivity contribution is 7.86. The lowest BCUT2D eigenvalue weighted by Crippen LogP contribution is -2.73. The van der Waals surface area contributed by atoms with Crippen molar-refractivity contribution in [2.45, 2.75) is 200 Å². The highest BCUT2D eigenvalue weighted by atomic mass is 32.2. The third-order valence-corrected chi connectivity index (χ3v) is 10.7. The number of unbranched alkanes of at least 4 members (excludes halogenated alkanes) is 15. The van der Waals surface area contributed by atoms with E-state index in [1.807, 2.05) is 0 Å². The van der Waals surface area contributed by atoms with E-state index in [2.05, 4.69) is 6.92 Å². The van der Waals surface area contributed by atoms with Crippen LogP contribution in [0.1, 0.15) is 122 Å². The highest BCUT2D eigenvalue weighted by Gasteiger charge is 2.94. The lowest BCUT2D eigenvalue weighted by Gasteiger charge is -2.41. The lowest BCUT2D eigenvalue weighted by atomic mass is 9.89. The SMILES string of the molecule is CCCCCCCCCCCCCCCCCC[n+]1ccn(C(F)(F)C(F)(F)C(F)(F)C(F)(F)C(F)(F)C(F)(F)C(F)(F)CCC(F)(F)F)c1.O=S(=O)([O-])C(F)(F)C(F)(F)C(F)(F)C(F)(F)F. The summed E-state index contributed by atoms with van der Waals surface area (Å²) in [6.45, 7) is 1.99. The molecule has 0 amide bonds. The van der Waals surface area contributed by atoms with Crippen LogP contribution in [0.4, 0.5) is 114 Å². The molecule has 67 heavy (non-hydrogen) atoms. The van der Waals surface area contributed by atoms with Gasteiger partial charge in [-0.3, -0.25) is 0 Å². The van der Waals surface area contributed by atoms with Gasteiger partial charge in [0.1, 0.15) is 12.4 Å². The topological polar surface area (TPSA) is 66.0 Å². The first-order valence-corrected chi connectivity index (χ1v) is 21.1. The Labute approximate surface area is 365 Å². The molecule has 0 N–H and O–H groups in total. The molecule has 0 aliphatic heterocycles. The first-order valence-electron chi connectivity index (χ1n) is 19.7. The second-order valence-electron chi connectivity index (χ2n) is 15.2. The number of aryl methyl sites for hydroxylation is 1. The number of alkyl halides is 26. The van der Waals surface area contributed by atoms with E-state index in [1.165, 1.54) is 44.9 Å². The van der Waals surface area contributed by atoms with Gasteiger partial charge in [-0.05, 0) is 12.8 Å². The van der Waals surface area contributed by atoms with Gasteiger partial charge in [0.15, 0.2) is 10.1 Å². The molecule has 0 spiro atoms. The Hall–Kier alpha value is -2.70. The number of aromatic nitrogens is 2. The second-order valence-corrected chi connectivity index (χ2v) is 16.6. The summed E-state index contributed by atoms with van der Waals surface area (Å²) in [6.07, 6.45) is -2.43. The third-order valence-electron chi connectivity index (χ3n) is 9.85. The van der Waals surface area contributed by atoms with Gasteiger partial charge in [0.25, 0.3) is 0 Å². The van der Waals surface area contributed by atoms with Crippen molar-refractivity contribution in [2.24, 2.45) is 0 Å². The smallest absolute Gasteiger partial charge is 0.469 e. The Morgan fingerprint density at radius 2 is 0.791 bits per heavy atom. The standard InChI is InChI=1S/C31H44F17N2.C4HF9O3S/c1-2-3-4-5-6-7-8-9-10-11-12-13-14-15-16-17-20-49-21-22-50(23-49)31(47,48)30(45,46)29(43,44)28(41,42)27(39,40)26(37,38)24(32,33)18-19-25(34,35)36;5-1(6,3(9,10)11)2(7,8)4(12,13)17(14,15)16/h21-23H,2-20H2,1H3;(H,14,15,16)/q+1;/p-1. The van der Waals surface area contributed by atoms with Crippen molar-refractivity contribution < 1.29 is 132 Å². The van der Waals surface area contributed by atoms with Gasteiger partial charge in [-0.15, -0.1) is 0 Å². The van der Waals surface area contributed by atoms with Gasteiger partial charge in [0.2, 0.25) is 6.33 Å². The zero-order valence-electron chi connectivity index (χ0n) is 34.5. The van der Waals surface area contributed by atoms with Gasteiger partial charge in [0, 0.05) is 12.8 Å². The Morgan fingerprint density at radius 3 is 1.13 bits per heavy atom. The highest BCUT2D eigenvalue weighted by Crippen LogP contribution is 2.63. The third kappa shape index (κ3) is 14.7. The fourth-order valence-corrected chi connectivity index (χ4v) is 6.12. The maximum absolute atomic E-state index is 14.6. The number of rotatable bonds is 29. The van der Waals surface area contributed by atoms with Crippen molar-refractivity contribution in [3.05, 3.63) is 18.7 Å². The zero-order chi connectivity index (χ0) is 53.2. The van der Waals surface area contributed by atoms with Crippen molar-refractivity contribution in [1.29, 1.82) is 0 Å². The predicted octanol–water partition coefficient (Wildman–Crippen LogP) is 14.7. The molecule has 1 aromatic rings. The summed E-state index contributed by atoms with van der Waals surface area (Å²) >= 11 is 0. The lowest BCUT2D eigenvalue weighted by molar-refractivity contribution is -0.697. The Morgan fingerprint density at radius 1 is 0.448 bits per heavy atom. The summed E-state index contributed by atoms with van der Waals surface area (Å²) in [7, 11) is -7.42. The monoisotopic (exact) mass is 1070 g/mol. The molecule has 0 aliphatic rings. The number of hydrogen-bond donors (Lipinski definition) is 0. The normalized spacial score (nSPS) is 14.9. The average molecular weight is 1070 g/mol. The van der Waals surface area contributed by atoms with E-state index in [9.17, 15) is 127 Å². The first-order chi connectivity index (χ1) is 29.7. The summed E-state index contributed by atoms with van der Waals surface area (Å²) in [4.78, 5) is 0. The molecule has 0 radical (unpaired) electrons. The summed E-state index contributed by atoms with van der Waals surface area (Å²) in [5.74, 6) is -61.9. The quantitative estimate of drug-likeness (QED) is 0.0347. The molecule has 32 heteroatoms. The molecule has 0 fully saturated rings. The van der Waals surface area contributed by atoms with Gasteiger partial charge in [0.05, 0.1) is 6.54 Å². The molecular weight excluding hydrogens is 1020 g/mol. The van der Waals surface area contributed by atoms with Crippen LogP contribution in [0.25, 0.3) is 0 Å². The fraction of sp³-hybridized carbons (Fsp3) is 0.914. The molecule has 0 bridgehead atoms. The largest absolute Gasteiger partial charge is 0.743 e. The fourth-order valence-electron chi connectivity index (χ4n) is 5.68. The van der Waals surface area contributed by atoms with Gasteiger partial charge in [-0.1, -0.05) is 96.8 Å². The minimum atomic E-state index is -8.35. The summed E-state index contributed by atoms with van der Waals surface area (Å²) in [5.41, 5.74) is 0. The molecule has 0 saturated carbocycles. The second kappa shape index (κ2) is 23.0. The van der Waals surface area contributed by atoms with E-state index >= 15 is 0 Å². The van der Waals surface area contributed by atoms with Gasteiger partial charge >= 0.3 is 71.0 Å². The van der Waals surface area contributed by atoms with Crippen LogP contribution < -0.4 is 4.57 Å². The van der Waals surface area contributed by atoms with Crippen LogP contribution in [0.5, 0.6) is 0 Å². The van der Waals surface area contributed by atoms with Crippen molar-refractivity contribution in [1.82, 2.24) is 4.57 Å². The molecule has 0 aliphatic carbocycles. The summed E-state index contributed by atoms with van der Waals surface area (Å²) in [6, 6.07) is -6.54. The van der Waals surface area contributed by atoms with Gasteiger partial charge in [-0.2, -0.15) is 119 Å². The van der Waals surface area contributed by atoms with Gasteiger partial charge < -0.3 is 4.55 Å². The molecule has 0 saturated heterocycles. The minimum absolute atomic E-state index is 0.0212. The van der Waals surface area contributed by atoms with E-state index < -0.39 is 98.6 Å². The molecule has 0 atom stereocenters. The van der Waals surface area contributed by atoms with E-state index in [0.717, 1.165) is 43.1 Å². The van der Waals surface area contributed by atoms with E-state index in [4.69, 9.17) is 0 Å². The van der Waals surface area contributed by atoms with E-state index in [0.29, 0.717) is 19.0 Å². The molecule has 5 nitrogen and oxygen atoms in total. The Bertz CT molecular complexity index is 1740. The molecule has 0 aromatic carbocycles.